The molecule has 0 saturated heterocycles. The van der Waals surface area contributed by atoms with Gasteiger partial charge in [0.1, 0.15) is 11.5 Å². The number of hydrogen-bond donors (Lipinski definition) is 0. The molecule has 0 N–H and O–H groups in total. The second-order valence-corrected chi connectivity index (χ2v) is 4.66. The summed E-state index contributed by atoms with van der Waals surface area (Å²) in [5.41, 5.74) is 1.21. The van der Waals surface area contributed by atoms with Gasteiger partial charge >= 0.3 is 0 Å². The molecule has 1 aromatic carbocycles. The maximum Gasteiger partial charge on any atom is 0.125 e. The van der Waals surface area contributed by atoms with Gasteiger partial charge in [-0.25, -0.2) is 0 Å². The zero-order valence-electron chi connectivity index (χ0n) is 12.0. The number of rotatable bonds is 9. The van der Waals surface area contributed by atoms with Crippen molar-refractivity contribution in [1.29, 1.82) is 0 Å². The smallest absolute Gasteiger partial charge is 0.125 e. The molecule has 0 aromatic heterocycles. The van der Waals surface area contributed by atoms with Crippen molar-refractivity contribution in [2.75, 3.05) is 14.2 Å². The summed E-state index contributed by atoms with van der Waals surface area (Å²) in [7, 11) is 3.44. The highest BCUT2D eigenvalue weighted by Gasteiger charge is 2.08. The van der Waals surface area contributed by atoms with E-state index in [9.17, 15) is 0 Å². The van der Waals surface area contributed by atoms with E-state index in [4.69, 9.17) is 9.47 Å². The van der Waals surface area contributed by atoms with Crippen molar-refractivity contribution < 1.29 is 9.47 Å². The second-order valence-electron chi connectivity index (χ2n) is 4.66. The fourth-order valence-electron chi connectivity index (χ4n) is 2.26. The van der Waals surface area contributed by atoms with Gasteiger partial charge in [0.2, 0.25) is 0 Å². The summed E-state index contributed by atoms with van der Waals surface area (Å²) in [6.07, 6.45) is 8.91. The first kappa shape index (κ1) is 14.9. The van der Waals surface area contributed by atoms with Crippen LogP contribution in [0.15, 0.2) is 18.2 Å². The molecule has 0 spiro atoms. The number of hydrogen-bond acceptors (Lipinski definition) is 2. The maximum atomic E-state index is 5.40. The predicted molar refractivity (Wildman–Crippen MR) is 76.6 cm³/mol. The van der Waals surface area contributed by atoms with Gasteiger partial charge in [0.15, 0.2) is 0 Å². The van der Waals surface area contributed by atoms with Gasteiger partial charge in [-0.3, -0.25) is 0 Å². The van der Waals surface area contributed by atoms with Gasteiger partial charge < -0.3 is 9.47 Å². The number of methoxy groups -OCH3 is 2. The molecule has 1 rings (SSSR count). The fourth-order valence-corrected chi connectivity index (χ4v) is 2.26. The van der Waals surface area contributed by atoms with Crippen LogP contribution in [0.3, 0.4) is 0 Å². The predicted octanol–water partition coefficient (Wildman–Crippen LogP) is 4.61. The molecular weight excluding hydrogens is 224 g/mol. The third-order valence-corrected chi connectivity index (χ3v) is 3.31. The number of benzene rings is 1. The molecule has 0 aliphatic carbocycles. The van der Waals surface area contributed by atoms with Crippen LogP contribution < -0.4 is 9.47 Å². The van der Waals surface area contributed by atoms with Crippen molar-refractivity contribution in [2.24, 2.45) is 0 Å². The van der Waals surface area contributed by atoms with E-state index in [0.29, 0.717) is 0 Å². The lowest BCUT2D eigenvalue weighted by atomic mass is 10.0. The Hall–Kier alpha value is -1.18. The molecule has 1 aromatic rings. The Morgan fingerprint density at radius 1 is 0.833 bits per heavy atom. The maximum absolute atomic E-state index is 5.40. The Kier molecular flexibility index (Phi) is 7.31. The first-order valence-corrected chi connectivity index (χ1v) is 7.03. The largest absolute Gasteiger partial charge is 0.496 e. The summed E-state index contributed by atoms with van der Waals surface area (Å²) in [6, 6.07) is 5.99. The topological polar surface area (TPSA) is 18.5 Å². The van der Waals surface area contributed by atoms with Crippen molar-refractivity contribution in [3.8, 4) is 11.5 Å². The van der Waals surface area contributed by atoms with Gasteiger partial charge in [-0.15, -0.1) is 0 Å². The first-order valence-electron chi connectivity index (χ1n) is 7.03. The lowest BCUT2D eigenvalue weighted by Gasteiger charge is -2.12. The van der Waals surface area contributed by atoms with Crippen LogP contribution in [0.5, 0.6) is 11.5 Å². The minimum Gasteiger partial charge on any atom is -0.496 e. The van der Waals surface area contributed by atoms with Gasteiger partial charge in [0, 0.05) is 5.56 Å². The lowest BCUT2D eigenvalue weighted by Crippen LogP contribution is -1.97. The van der Waals surface area contributed by atoms with E-state index in [1.54, 1.807) is 14.2 Å². The minimum absolute atomic E-state index is 0.947. The Morgan fingerprint density at radius 3 is 1.94 bits per heavy atom. The van der Waals surface area contributed by atoms with E-state index in [2.05, 4.69) is 6.92 Å². The molecule has 0 amide bonds. The van der Waals surface area contributed by atoms with Crippen molar-refractivity contribution in [3.05, 3.63) is 23.8 Å². The summed E-state index contributed by atoms with van der Waals surface area (Å²) in [4.78, 5) is 0. The quantitative estimate of drug-likeness (QED) is 0.596. The minimum atomic E-state index is 0.947. The molecule has 0 heterocycles. The fraction of sp³-hybridized carbons (Fsp3) is 0.625. The summed E-state index contributed by atoms with van der Waals surface area (Å²) in [5.74, 6) is 1.89. The van der Waals surface area contributed by atoms with Crippen LogP contribution >= 0.6 is 0 Å². The van der Waals surface area contributed by atoms with Crippen molar-refractivity contribution in [1.82, 2.24) is 0 Å². The van der Waals surface area contributed by atoms with E-state index >= 15 is 0 Å². The molecule has 0 bridgehead atoms. The van der Waals surface area contributed by atoms with Crippen LogP contribution in [-0.2, 0) is 6.42 Å². The Bertz CT molecular complexity index is 312. The van der Waals surface area contributed by atoms with Crippen LogP contribution in [0.2, 0.25) is 0 Å². The molecule has 2 heteroatoms. The zero-order valence-corrected chi connectivity index (χ0v) is 12.0. The highest BCUT2D eigenvalue weighted by atomic mass is 16.5. The van der Waals surface area contributed by atoms with Gasteiger partial charge in [-0.05, 0) is 25.0 Å². The summed E-state index contributed by atoms with van der Waals surface area (Å²) in [5, 5.41) is 0. The van der Waals surface area contributed by atoms with Gasteiger partial charge in [-0.1, -0.05) is 45.1 Å². The third kappa shape index (κ3) is 4.59. The van der Waals surface area contributed by atoms with Crippen LogP contribution in [-0.4, -0.2) is 14.2 Å². The zero-order chi connectivity index (χ0) is 13.2. The van der Waals surface area contributed by atoms with Gasteiger partial charge in [0.25, 0.3) is 0 Å². The lowest BCUT2D eigenvalue weighted by molar-refractivity contribution is 0.384. The summed E-state index contributed by atoms with van der Waals surface area (Å²) >= 11 is 0. The van der Waals surface area contributed by atoms with Crippen LogP contribution in [0.4, 0.5) is 0 Å². The Morgan fingerprint density at radius 2 is 1.39 bits per heavy atom. The molecule has 0 aliphatic rings. The van der Waals surface area contributed by atoms with Gasteiger partial charge in [-0.2, -0.15) is 0 Å². The molecule has 0 radical (unpaired) electrons. The molecular formula is C16H26O2. The summed E-state index contributed by atoms with van der Waals surface area (Å²) in [6.45, 7) is 2.25. The summed E-state index contributed by atoms with van der Waals surface area (Å²) < 4.78 is 10.8. The van der Waals surface area contributed by atoms with Gasteiger partial charge in [0.05, 0.1) is 14.2 Å². The van der Waals surface area contributed by atoms with Crippen LogP contribution in [0.1, 0.15) is 51.0 Å². The average Bonchev–Trinajstić information content (AvgIpc) is 2.42. The molecule has 2 nitrogen and oxygen atoms in total. The van der Waals surface area contributed by atoms with Crippen LogP contribution in [0.25, 0.3) is 0 Å². The number of unbranched alkanes of at least 4 members (excludes halogenated alkanes) is 5. The van der Waals surface area contributed by atoms with Crippen molar-refractivity contribution in [2.45, 2.75) is 51.9 Å². The molecule has 18 heavy (non-hydrogen) atoms. The van der Waals surface area contributed by atoms with Crippen molar-refractivity contribution >= 4 is 0 Å². The van der Waals surface area contributed by atoms with E-state index in [-0.39, 0.29) is 0 Å². The normalized spacial score (nSPS) is 10.4. The molecule has 0 unspecified atom stereocenters. The SMILES string of the molecule is CCCCCCCCc1c(OC)cccc1OC. The molecule has 0 fully saturated rings. The highest BCUT2D eigenvalue weighted by molar-refractivity contribution is 5.44. The Balaban J connectivity index is 2.45. The van der Waals surface area contributed by atoms with Crippen LogP contribution in [0, 0.1) is 0 Å². The van der Waals surface area contributed by atoms with E-state index in [1.807, 2.05) is 18.2 Å². The van der Waals surface area contributed by atoms with E-state index in [0.717, 1.165) is 17.9 Å². The van der Waals surface area contributed by atoms with Crippen molar-refractivity contribution in [3.63, 3.8) is 0 Å². The number of ether oxygens (including phenoxy) is 2. The molecule has 102 valence electrons. The van der Waals surface area contributed by atoms with E-state index in [1.165, 1.54) is 44.1 Å². The average molecular weight is 250 g/mol. The van der Waals surface area contributed by atoms with E-state index < -0.39 is 0 Å². The molecule has 0 aliphatic heterocycles. The first-order chi connectivity index (χ1) is 8.83. The Labute approximate surface area is 111 Å². The standard InChI is InChI=1S/C16H26O2/c1-4-5-6-7-8-9-11-14-15(17-2)12-10-13-16(14)18-3/h10,12-13H,4-9,11H2,1-3H3. The monoisotopic (exact) mass is 250 g/mol. The third-order valence-electron chi connectivity index (χ3n) is 3.31. The second kappa shape index (κ2) is 8.84. The molecule has 0 saturated carbocycles. The molecule has 0 atom stereocenters. The highest BCUT2D eigenvalue weighted by Crippen LogP contribution is 2.29.